The van der Waals surface area contributed by atoms with Crippen LogP contribution in [-0.4, -0.2) is 26.5 Å². The summed E-state index contributed by atoms with van der Waals surface area (Å²) in [5, 5.41) is 3.16. The maximum Gasteiger partial charge on any atom is 0.218 e. The van der Waals surface area contributed by atoms with Crippen molar-refractivity contribution in [1.82, 2.24) is 19.9 Å². The summed E-state index contributed by atoms with van der Waals surface area (Å²) in [6.07, 6.45) is 3.50. The Morgan fingerprint density at radius 3 is 3.00 bits per heavy atom. The number of aryl methyl sites for hydroxylation is 1. The van der Waals surface area contributed by atoms with Crippen LogP contribution in [0.15, 0.2) is 18.5 Å². The fourth-order valence-electron chi connectivity index (χ4n) is 1.42. The molecule has 2 N–H and O–H groups in total. The molecule has 6 heteroatoms. The molecule has 2 aromatic heterocycles. The van der Waals surface area contributed by atoms with E-state index in [9.17, 15) is 0 Å². The second kappa shape index (κ2) is 5.29. The van der Waals surface area contributed by atoms with E-state index in [0.29, 0.717) is 24.9 Å². The smallest absolute Gasteiger partial charge is 0.218 e. The molecule has 2 aromatic rings. The van der Waals surface area contributed by atoms with Crippen LogP contribution in [0.5, 0.6) is 5.88 Å². The third-order valence-corrected chi connectivity index (χ3v) is 2.10. The van der Waals surface area contributed by atoms with Crippen molar-refractivity contribution in [3.8, 4) is 5.88 Å². The van der Waals surface area contributed by atoms with Gasteiger partial charge in [-0.2, -0.15) is 4.98 Å². The molecule has 2 rings (SSSR count). The van der Waals surface area contributed by atoms with Crippen molar-refractivity contribution < 1.29 is 4.74 Å². The predicted octanol–water partition coefficient (Wildman–Crippen LogP) is 1.52. The van der Waals surface area contributed by atoms with E-state index in [1.807, 2.05) is 13.8 Å². The van der Waals surface area contributed by atoms with Crippen LogP contribution in [0, 0.1) is 6.92 Å². The Balaban J connectivity index is 2.04. The van der Waals surface area contributed by atoms with Gasteiger partial charge in [0.05, 0.1) is 13.2 Å². The molecule has 0 bridgehead atoms. The van der Waals surface area contributed by atoms with Crippen molar-refractivity contribution in [2.75, 3.05) is 11.9 Å². The Labute approximate surface area is 99.5 Å². The van der Waals surface area contributed by atoms with Gasteiger partial charge >= 0.3 is 0 Å². The van der Waals surface area contributed by atoms with Gasteiger partial charge in [-0.15, -0.1) is 0 Å². The average Bonchev–Trinajstić information content (AvgIpc) is 2.79. The number of nitrogens with zero attached hydrogens (tertiary/aromatic N) is 3. The summed E-state index contributed by atoms with van der Waals surface area (Å²) < 4.78 is 5.35. The molecule has 0 saturated heterocycles. The number of nitrogens with one attached hydrogen (secondary N) is 2. The van der Waals surface area contributed by atoms with Gasteiger partial charge in [-0.3, -0.25) is 0 Å². The first-order valence-corrected chi connectivity index (χ1v) is 5.48. The van der Waals surface area contributed by atoms with Crippen LogP contribution in [0.3, 0.4) is 0 Å². The zero-order valence-electron chi connectivity index (χ0n) is 9.90. The molecule has 0 amide bonds. The number of H-pyrrole nitrogens is 1. The minimum atomic E-state index is 0.585. The van der Waals surface area contributed by atoms with Gasteiger partial charge in [0.2, 0.25) is 5.88 Å². The van der Waals surface area contributed by atoms with Crippen LogP contribution >= 0.6 is 0 Å². The van der Waals surface area contributed by atoms with E-state index >= 15 is 0 Å². The molecule has 0 radical (unpaired) electrons. The van der Waals surface area contributed by atoms with Gasteiger partial charge < -0.3 is 15.0 Å². The van der Waals surface area contributed by atoms with Crippen molar-refractivity contribution in [1.29, 1.82) is 0 Å². The zero-order chi connectivity index (χ0) is 12.1. The largest absolute Gasteiger partial charge is 0.478 e. The maximum atomic E-state index is 5.35. The van der Waals surface area contributed by atoms with Crippen LogP contribution in [-0.2, 0) is 6.54 Å². The summed E-state index contributed by atoms with van der Waals surface area (Å²) >= 11 is 0. The number of aromatic nitrogens is 4. The molecule has 0 aliphatic rings. The van der Waals surface area contributed by atoms with Gasteiger partial charge in [0.1, 0.15) is 17.5 Å². The summed E-state index contributed by atoms with van der Waals surface area (Å²) in [6, 6.07) is 1.78. The van der Waals surface area contributed by atoms with Crippen molar-refractivity contribution in [2.24, 2.45) is 0 Å². The highest BCUT2D eigenvalue weighted by Gasteiger charge is 2.02. The first-order chi connectivity index (χ1) is 8.28. The quantitative estimate of drug-likeness (QED) is 0.818. The highest BCUT2D eigenvalue weighted by atomic mass is 16.5. The summed E-state index contributed by atoms with van der Waals surface area (Å²) in [4.78, 5) is 15.6. The van der Waals surface area contributed by atoms with E-state index in [1.54, 1.807) is 18.5 Å². The number of aromatic amines is 1. The van der Waals surface area contributed by atoms with E-state index in [2.05, 4.69) is 25.3 Å². The number of ether oxygens (including phenoxy) is 1. The number of anilines is 1. The Hall–Kier alpha value is -2.11. The molecule has 2 heterocycles. The van der Waals surface area contributed by atoms with Gasteiger partial charge in [0, 0.05) is 18.5 Å². The fourth-order valence-corrected chi connectivity index (χ4v) is 1.42. The predicted molar refractivity (Wildman–Crippen MR) is 63.9 cm³/mol. The second-order valence-corrected chi connectivity index (χ2v) is 3.46. The Morgan fingerprint density at radius 1 is 1.41 bits per heavy atom. The lowest BCUT2D eigenvalue weighted by Crippen LogP contribution is -2.05. The highest BCUT2D eigenvalue weighted by molar-refractivity contribution is 5.38. The van der Waals surface area contributed by atoms with Gasteiger partial charge in [0.15, 0.2) is 0 Å². The van der Waals surface area contributed by atoms with Gasteiger partial charge in [-0.25, -0.2) is 9.97 Å². The molecule has 0 unspecified atom stereocenters. The summed E-state index contributed by atoms with van der Waals surface area (Å²) in [5.74, 6) is 2.86. The highest BCUT2D eigenvalue weighted by Crippen LogP contribution is 2.13. The third kappa shape index (κ3) is 3.17. The minimum Gasteiger partial charge on any atom is -0.478 e. The lowest BCUT2D eigenvalue weighted by molar-refractivity contribution is 0.325. The average molecular weight is 233 g/mol. The van der Waals surface area contributed by atoms with E-state index in [1.165, 1.54) is 0 Å². The molecule has 17 heavy (non-hydrogen) atoms. The van der Waals surface area contributed by atoms with Crippen molar-refractivity contribution in [2.45, 2.75) is 20.4 Å². The van der Waals surface area contributed by atoms with Crippen LogP contribution in [0.2, 0.25) is 0 Å². The fraction of sp³-hybridized carbons (Fsp3) is 0.364. The van der Waals surface area contributed by atoms with Gasteiger partial charge in [-0.1, -0.05) is 0 Å². The monoisotopic (exact) mass is 233 g/mol. The summed E-state index contributed by atoms with van der Waals surface area (Å²) in [7, 11) is 0. The molecular formula is C11H15N5O. The van der Waals surface area contributed by atoms with Crippen molar-refractivity contribution in [3.05, 3.63) is 30.1 Å². The Morgan fingerprint density at radius 2 is 2.29 bits per heavy atom. The third-order valence-electron chi connectivity index (χ3n) is 2.10. The molecule has 6 nitrogen and oxygen atoms in total. The van der Waals surface area contributed by atoms with E-state index in [4.69, 9.17) is 4.74 Å². The molecule has 0 atom stereocenters. The number of rotatable bonds is 5. The summed E-state index contributed by atoms with van der Waals surface area (Å²) in [5.41, 5.74) is 0. The normalized spacial score (nSPS) is 10.2. The second-order valence-electron chi connectivity index (χ2n) is 3.46. The molecule has 0 aromatic carbocycles. The first-order valence-electron chi connectivity index (χ1n) is 5.48. The molecule has 0 saturated carbocycles. The van der Waals surface area contributed by atoms with E-state index in [0.717, 1.165) is 11.6 Å². The Kier molecular flexibility index (Phi) is 3.54. The molecular weight excluding hydrogens is 218 g/mol. The topological polar surface area (TPSA) is 75.7 Å². The maximum absolute atomic E-state index is 5.35. The molecule has 0 spiro atoms. The van der Waals surface area contributed by atoms with Gasteiger partial charge in [0.25, 0.3) is 0 Å². The van der Waals surface area contributed by atoms with Crippen molar-refractivity contribution in [3.63, 3.8) is 0 Å². The lowest BCUT2D eigenvalue weighted by Gasteiger charge is -2.07. The van der Waals surface area contributed by atoms with Crippen LogP contribution in [0.4, 0.5) is 5.82 Å². The summed E-state index contributed by atoms with van der Waals surface area (Å²) in [6.45, 7) is 4.94. The molecule has 0 aliphatic carbocycles. The lowest BCUT2D eigenvalue weighted by atomic mass is 10.5. The number of hydrogen-bond acceptors (Lipinski definition) is 5. The first kappa shape index (κ1) is 11.4. The SMILES string of the molecule is CCOc1cc(NCc2ncc[nH]2)nc(C)n1. The Bertz CT molecular complexity index is 469. The standard InChI is InChI=1S/C11H15N5O/c1-3-17-11-6-9(15-8(2)16-11)14-7-10-12-4-5-13-10/h4-6H,3,7H2,1-2H3,(H,12,13)(H,14,15,16). The van der Waals surface area contributed by atoms with Gasteiger partial charge in [-0.05, 0) is 13.8 Å². The van der Waals surface area contributed by atoms with Crippen molar-refractivity contribution >= 4 is 5.82 Å². The molecule has 0 fully saturated rings. The number of hydrogen-bond donors (Lipinski definition) is 2. The van der Waals surface area contributed by atoms with Crippen LogP contribution in [0.1, 0.15) is 18.6 Å². The molecule has 0 aliphatic heterocycles. The van der Waals surface area contributed by atoms with E-state index < -0.39 is 0 Å². The minimum absolute atomic E-state index is 0.585. The van der Waals surface area contributed by atoms with Crippen LogP contribution < -0.4 is 10.1 Å². The molecule has 90 valence electrons. The zero-order valence-corrected chi connectivity index (χ0v) is 9.90. The van der Waals surface area contributed by atoms with Crippen LogP contribution in [0.25, 0.3) is 0 Å². The number of imidazole rings is 1. The van der Waals surface area contributed by atoms with E-state index in [-0.39, 0.29) is 0 Å².